The highest BCUT2D eigenvalue weighted by atomic mass is 79.9. The fourth-order valence-corrected chi connectivity index (χ4v) is 3.06. The van der Waals surface area contributed by atoms with Crippen molar-refractivity contribution in [3.63, 3.8) is 0 Å². The summed E-state index contributed by atoms with van der Waals surface area (Å²) in [6, 6.07) is 12.8. The summed E-state index contributed by atoms with van der Waals surface area (Å²) >= 11 is 15.9. The standard InChI is InChI=1S/C17H18BrCl2N/c1-3-11-5-7-12(8-6-11)14(4-2)21-15-10-9-13(18)16(19)17(15)20/h5-10,14,21H,3-4H2,1-2H3. The predicted molar refractivity (Wildman–Crippen MR) is 96.6 cm³/mol. The highest BCUT2D eigenvalue weighted by molar-refractivity contribution is 9.10. The Kier molecular flexibility index (Phi) is 5.98. The van der Waals surface area contributed by atoms with Gasteiger partial charge in [0.25, 0.3) is 0 Å². The lowest BCUT2D eigenvalue weighted by atomic mass is 10.0. The van der Waals surface area contributed by atoms with Gasteiger partial charge in [0.1, 0.15) is 0 Å². The predicted octanol–water partition coefficient (Wildman–Crippen LogP) is 6.88. The molecule has 0 aliphatic carbocycles. The van der Waals surface area contributed by atoms with Crippen molar-refractivity contribution in [2.75, 3.05) is 5.32 Å². The van der Waals surface area contributed by atoms with E-state index in [0.717, 1.165) is 23.0 Å². The van der Waals surface area contributed by atoms with Gasteiger partial charge in [-0.2, -0.15) is 0 Å². The van der Waals surface area contributed by atoms with E-state index < -0.39 is 0 Å². The van der Waals surface area contributed by atoms with Crippen molar-refractivity contribution >= 4 is 44.8 Å². The molecular weight excluding hydrogens is 369 g/mol. The summed E-state index contributed by atoms with van der Waals surface area (Å²) < 4.78 is 0.806. The van der Waals surface area contributed by atoms with E-state index >= 15 is 0 Å². The molecule has 0 saturated heterocycles. The van der Waals surface area contributed by atoms with Gasteiger partial charge in [0, 0.05) is 4.47 Å². The van der Waals surface area contributed by atoms with Crippen molar-refractivity contribution in [2.24, 2.45) is 0 Å². The molecule has 0 amide bonds. The van der Waals surface area contributed by atoms with Crippen molar-refractivity contribution in [2.45, 2.75) is 32.7 Å². The minimum Gasteiger partial charge on any atom is -0.377 e. The number of benzene rings is 2. The molecule has 2 aromatic rings. The van der Waals surface area contributed by atoms with Gasteiger partial charge in [-0.1, -0.05) is 61.3 Å². The van der Waals surface area contributed by atoms with Crippen LogP contribution in [0.2, 0.25) is 10.0 Å². The Bertz CT molecular complexity index is 611. The van der Waals surface area contributed by atoms with E-state index in [1.54, 1.807) is 0 Å². The molecule has 0 radical (unpaired) electrons. The van der Waals surface area contributed by atoms with E-state index in [-0.39, 0.29) is 6.04 Å². The van der Waals surface area contributed by atoms with Crippen LogP contribution < -0.4 is 5.32 Å². The summed E-state index contributed by atoms with van der Waals surface area (Å²) in [7, 11) is 0. The van der Waals surface area contributed by atoms with Gasteiger partial charge in [-0.3, -0.25) is 0 Å². The molecule has 0 spiro atoms. The Morgan fingerprint density at radius 3 is 2.24 bits per heavy atom. The number of aryl methyl sites for hydroxylation is 1. The Balaban J connectivity index is 2.24. The summed E-state index contributed by atoms with van der Waals surface area (Å²) in [6.07, 6.45) is 2.02. The topological polar surface area (TPSA) is 12.0 Å². The van der Waals surface area contributed by atoms with Crippen LogP contribution in [0.3, 0.4) is 0 Å². The third kappa shape index (κ3) is 3.94. The molecule has 0 bridgehead atoms. The minimum absolute atomic E-state index is 0.214. The highest BCUT2D eigenvalue weighted by Crippen LogP contribution is 2.37. The molecule has 2 rings (SSSR count). The first-order chi connectivity index (χ1) is 10.1. The SMILES string of the molecule is CCc1ccc(C(CC)Nc2ccc(Br)c(Cl)c2Cl)cc1. The maximum atomic E-state index is 6.31. The molecule has 0 saturated carbocycles. The van der Waals surface area contributed by atoms with Crippen LogP contribution >= 0.6 is 39.1 Å². The Labute approximate surface area is 144 Å². The van der Waals surface area contributed by atoms with E-state index in [4.69, 9.17) is 23.2 Å². The molecule has 1 unspecified atom stereocenters. The molecule has 1 atom stereocenters. The van der Waals surface area contributed by atoms with Crippen LogP contribution in [0.25, 0.3) is 0 Å². The van der Waals surface area contributed by atoms with Crippen LogP contribution in [-0.4, -0.2) is 0 Å². The molecule has 0 fully saturated rings. The fourth-order valence-electron chi connectivity index (χ4n) is 2.23. The lowest BCUT2D eigenvalue weighted by molar-refractivity contribution is 0.749. The quantitative estimate of drug-likeness (QED) is 0.552. The first-order valence-electron chi connectivity index (χ1n) is 7.05. The Morgan fingerprint density at radius 2 is 1.67 bits per heavy atom. The number of anilines is 1. The molecule has 0 aromatic heterocycles. The lowest BCUT2D eigenvalue weighted by Gasteiger charge is -2.20. The average molecular weight is 387 g/mol. The molecular formula is C17H18BrCl2N. The molecule has 2 aromatic carbocycles. The van der Waals surface area contributed by atoms with Crippen LogP contribution in [0.4, 0.5) is 5.69 Å². The molecule has 1 nitrogen and oxygen atoms in total. The third-order valence-corrected chi connectivity index (χ3v) is 5.33. The monoisotopic (exact) mass is 385 g/mol. The van der Waals surface area contributed by atoms with Gasteiger partial charge in [-0.05, 0) is 52.0 Å². The van der Waals surface area contributed by atoms with Crippen molar-refractivity contribution in [1.82, 2.24) is 0 Å². The van der Waals surface area contributed by atoms with Gasteiger partial charge < -0.3 is 5.32 Å². The van der Waals surface area contributed by atoms with Gasteiger partial charge in [-0.25, -0.2) is 0 Å². The van der Waals surface area contributed by atoms with Crippen LogP contribution in [0.15, 0.2) is 40.9 Å². The number of nitrogens with one attached hydrogen (secondary N) is 1. The van der Waals surface area contributed by atoms with Crippen molar-refractivity contribution in [3.8, 4) is 0 Å². The molecule has 1 N–H and O–H groups in total. The second-order valence-corrected chi connectivity index (χ2v) is 6.53. The van der Waals surface area contributed by atoms with Crippen molar-refractivity contribution in [1.29, 1.82) is 0 Å². The maximum Gasteiger partial charge on any atom is 0.0835 e. The van der Waals surface area contributed by atoms with E-state index in [0.29, 0.717) is 10.0 Å². The Morgan fingerprint density at radius 1 is 1.00 bits per heavy atom. The summed E-state index contributed by atoms with van der Waals surface area (Å²) in [5, 5.41) is 4.57. The molecule has 0 aliphatic heterocycles. The van der Waals surface area contributed by atoms with E-state index in [2.05, 4.69) is 59.4 Å². The molecule has 4 heteroatoms. The lowest BCUT2D eigenvalue weighted by Crippen LogP contribution is -2.10. The third-order valence-electron chi connectivity index (χ3n) is 3.56. The number of hydrogen-bond acceptors (Lipinski definition) is 1. The van der Waals surface area contributed by atoms with E-state index in [1.165, 1.54) is 11.1 Å². The molecule has 0 aliphatic rings. The summed E-state index contributed by atoms with van der Waals surface area (Å²) in [4.78, 5) is 0. The average Bonchev–Trinajstić information content (AvgIpc) is 2.52. The minimum atomic E-state index is 0.214. The number of hydrogen-bond donors (Lipinski definition) is 1. The first-order valence-corrected chi connectivity index (χ1v) is 8.60. The first kappa shape index (κ1) is 16.7. The fraction of sp³-hybridized carbons (Fsp3) is 0.294. The van der Waals surface area contributed by atoms with Gasteiger partial charge in [0.05, 0.1) is 21.8 Å². The largest absolute Gasteiger partial charge is 0.377 e. The Hall–Kier alpha value is -0.700. The smallest absolute Gasteiger partial charge is 0.0835 e. The van der Waals surface area contributed by atoms with Crippen LogP contribution in [-0.2, 0) is 6.42 Å². The van der Waals surface area contributed by atoms with Gasteiger partial charge in [-0.15, -0.1) is 0 Å². The zero-order chi connectivity index (χ0) is 15.4. The van der Waals surface area contributed by atoms with Crippen molar-refractivity contribution in [3.05, 3.63) is 62.0 Å². The van der Waals surface area contributed by atoms with Gasteiger partial charge >= 0.3 is 0 Å². The van der Waals surface area contributed by atoms with Crippen LogP contribution in [0.5, 0.6) is 0 Å². The van der Waals surface area contributed by atoms with Crippen LogP contribution in [0.1, 0.15) is 37.4 Å². The molecule has 21 heavy (non-hydrogen) atoms. The zero-order valence-corrected chi connectivity index (χ0v) is 15.2. The maximum absolute atomic E-state index is 6.31. The summed E-state index contributed by atoms with van der Waals surface area (Å²) in [5.41, 5.74) is 3.46. The summed E-state index contributed by atoms with van der Waals surface area (Å²) in [6.45, 7) is 4.31. The van der Waals surface area contributed by atoms with Crippen LogP contribution in [0, 0.1) is 0 Å². The zero-order valence-electron chi connectivity index (χ0n) is 12.1. The summed E-state index contributed by atoms with van der Waals surface area (Å²) in [5.74, 6) is 0. The van der Waals surface area contributed by atoms with Crippen molar-refractivity contribution < 1.29 is 0 Å². The second-order valence-electron chi connectivity index (χ2n) is 4.92. The van der Waals surface area contributed by atoms with Gasteiger partial charge in [0.2, 0.25) is 0 Å². The number of halogens is 3. The molecule has 112 valence electrons. The normalized spacial score (nSPS) is 12.2. The highest BCUT2D eigenvalue weighted by Gasteiger charge is 2.13. The molecule has 0 heterocycles. The van der Waals surface area contributed by atoms with Gasteiger partial charge in [0.15, 0.2) is 0 Å². The second kappa shape index (κ2) is 7.53. The van der Waals surface area contributed by atoms with E-state index in [1.807, 2.05) is 12.1 Å². The number of rotatable bonds is 5. The van der Waals surface area contributed by atoms with E-state index in [9.17, 15) is 0 Å².